The Morgan fingerprint density at radius 2 is 1.07 bits per heavy atom. The van der Waals surface area contributed by atoms with Crippen molar-refractivity contribution in [2.75, 3.05) is 53.6 Å². The number of aromatic nitrogens is 4. The second-order valence-corrected chi connectivity index (χ2v) is 17.8. The minimum absolute atomic E-state index is 0.0994. The molecule has 12 rings (SSSR count). The lowest BCUT2D eigenvalue weighted by atomic mass is 9.70. The van der Waals surface area contributed by atoms with Gasteiger partial charge in [-0.1, -0.05) is 38.8 Å². The Balaban J connectivity index is 0.967. The molecule has 10 atom stereocenters. The molecule has 6 saturated heterocycles. The maximum absolute atomic E-state index is 6.89. The Morgan fingerprint density at radius 1 is 0.600 bits per heavy atom. The summed E-state index contributed by atoms with van der Waals surface area (Å²) in [5, 5.41) is 13.6. The molecule has 60 heavy (non-hydrogen) atoms. The number of ether oxygens (including phenoxy) is 4. The summed E-state index contributed by atoms with van der Waals surface area (Å²) in [6.07, 6.45) is 11.2. The van der Waals surface area contributed by atoms with Crippen molar-refractivity contribution in [2.24, 2.45) is 23.7 Å². The second kappa shape index (κ2) is 16.8. The lowest BCUT2D eigenvalue weighted by Crippen LogP contribution is -2.55. The van der Waals surface area contributed by atoms with E-state index in [0.717, 1.165) is 93.9 Å². The van der Waals surface area contributed by atoms with Crippen LogP contribution >= 0.6 is 0 Å². The van der Waals surface area contributed by atoms with E-state index >= 15 is 0 Å². The summed E-state index contributed by atoms with van der Waals surface area (Å²) in [7, 11) is 3.45. The van der Waals surface area contributed by atoms with E-state index in [0.29, 0.717) is 37.1 Å². The molecule has 4 bridgehead atoms. The molecule has 312 valence electrons. The highest BCUT2D eigenvalue weighted by Crippen LogP contribution is 2.46. The highest BCUT2D eigenvalue weighted by Gasteiger charge is 2.45. The SMILES string of the molecule is CCC1C[N@@]2CCC1C[C@@H]2[C@@H](COc1nnc(OC[C@@H](c2ccnc3ccc(OC)cc23)[C@H]2C[C@H]3CCN2C[C@@H]3CC)c2ccccc12)c1ccnc2ccc(OC)cc12. The van der Waals surface area contributed by atoms with Crippen LogP contribution < -0.4 is 18.9 Å². The van der Waals surface area contributed by atoms with Gasteiger partial charge in [-0.2, -0.15) is 0 Å². The molecule has 0 radical (unpaired) electrons. The normalized spacial score (nSPS) is 26.9. The first kappa shape index (κ1) is 39.1. The van der Waals surface area contributed by atoms with E-state index in [4.69, 9.17) is 39.1 Å². The van der Waals surface area contributed by atoms with Crippen molar-refractivity contribution in [2.45, 2.75) is 76.3 Å². The van der Waals surface area contributed by atoms with Crippen LogP contribution in [0.4, 0.5) is 0 Å². The molecule has 3 unspecified atom stereocenters. The summed E-state index contributed by atoms with van der Waals surface area (Å²) in [5.74, 6) is 5.91. The topological polar surface area (TPSA) is 95.0 Å². The first-order valence-corrected chi connectivity index (χ1v) is 22.4. The van der Waals surface area contributed by atoms with Gasteiger partial charge in [0.05, 0.1) is 49.2 Å². The molecule has 3 aromatic carbocycles. The van der Waals surface area contributed by atoms with Gasteiger partial charge in [-0.3, -0.25) is 19.8 Å². The van der Waals surface area contributed by atoms with Gasteiger partial charge < -0.3 is 18.9 Å². The van der Waals surface area contributed by atoms with Gasteiger partial charge in [0.2, 0.25) is 11.8 Å². The molecule has 0 spiro atoms. The minimum atomic E-state index is 0.0994. The van der Waals surface area contributed by atoms with Gasteiger partial charge in [-0.05, 0) is 134 Å². The average molecular weight is 807 g/mol. The van der Waals surface area contributed by atoms with E-state index in [9.17, 15) is 0 Å². The van der Waals surface area contributed by atoms with Gasteiger partial charge in [0.15, 0.2) is 0 Å². The summed E-state index contributed by atoms with van der Waals surface area (Å²) in [5.41, 5.74) is 4.42. The van der Waals surface area contributed by atoms with Crippen molar-refractivity contribution in [3.63, 3.8) is 0 Å². The smallest absolute Gasteiger partial charge is 0.241 e. The van der Waals surface area contributed by atoms with Crippen LogP contribution in [-0.4, -0.2) is 95.7 Å². The molecule has 10 heteroatoms. The Morgan fingerprint density at radius 3 is 1.47 bits per heavy atom. The predicted octanol–water partition coefficient (Wildman–Crippen LogP) is 9.31. The van der Waals surface area contributed by atoms with Crippen LogP contribution in [0.25, 0.3) is 32.6 Å². The number of benzene rings is 3. The second-order valence-electron chi connectivity index (χ2n) is 17.8. The van der Waals surface area contributed by atoms with Crippen molar-refractivity contribution in [3.05, 3.63) is 96.3 Å². The van der Waals surface area contributed by atoms with Crippen molar-refractivity contribution in [1.82, 2.24) is 30.0 Å². The van der Waals surface area contributed by atoms with E-state index < -0.39 is 0 Å². The largest absolute Gasteiger partial charge is 0.497 e. The summed E-state index contributed by atoms with van der Waals surface area (Å²) >= 11 is 0. The molecule has 9 heterocycles. The molecule has 10 nitrogen and oxygen atoms in total. The van der Waals surface area contributed by atoms with Crippen molar-refractivity contribution in [1.29, 1.82) is 0 Å². The van der Waals surface area contributed by atoms with Crippen LogP contribution in [0.1, 0.15) is 75.3 Å². The number of piperidine rings is 6. The third-order valence-corrected chi connectivity index (χ3v) is 15.0. The highest BCUT2D eigenvalue weighted by molar-refractivity contribution is 5.90. The maximum atomic E-state index is 6.89. The molecular formula is C50H58N6O4. The lowest BCUT2D eigenvalue weighted by Gasteiger charge is -2.52. The fourth-order valence-corrected chi connectivity index (χ4v) is 11.7. The monoisotopic (exact) mass is 806 g/mol. The summed E-state index contributed by atoms with van der Waals surface area (Å²) in [6, 6.07) is 25.7. The van der Waals surface area contributed by atoms with Gasteiger partial charge in [0.25, 0.3) is 0 Å². The zero-order chi connectivity index (χ0) is 40.7. The first-order chi connectivity index (χ1) is 29.5. The van der Waals surface area contributed by atoms with Crippen LogP contribution in [0.3, 0.4) is 0 Å². The van der Waals surface area contributed by atoms with E-state index in [2.05, 4.69) is 72.2 Å². The number of pyridine rings is 2. The Labute approximate surface area is 353 Å². The Bertz CT molecular complexity index is 2310. The Hall–Kier alpha value is -5.06. The summed E-state index contributed by atoms with van der Waals surface area (Å²) < 4.78 is 25.2. The number of hydrogen-bond donors (Lipinski definition) is 0. The van der Waals surface area contributed by atoms with Crippen molar-refractivity contribution in [3.8, 4) is 23.3 Å². The third-order valence-electron chi connectivity index (χ3n) is 15.0. The fourth-order valence-electron chi connectivity index (χ4n) is 11.7. The highest BCUT2D eigenvalue weighted by atomic mass is 16.5. The van der Waals surface area contributed by atoms with Gasteiger partial charge in [0, 0.05) is 60.2 Å². The van der Waals surface area contributed by atoms with Crippen LogP contribution in [-0.2, 0) is 0 Å². The molecule has 3 aromatic heterocycles. The quantitative estimate of drug-likeness (QED) is 0.106. The lowest BCUT2D eigenvalue weighted by molar-refractivity contribution is -0.0177. The zero-order valence-electron chi connectivity index (χ0n) is 35.5. The van der Waals surface area contributed by atoms with Crippen molar-refractivity contribution < 1.29 is 18.9 Å². The molecule has 6 aliphatic heterocycles. The van der Waals surface area contributed by atoms with E-state index in [1.807, 2.05) is 36.7 Å². The Kier molecular flexibility index (Phi) is 10.9. The van der Waals surface area contributed by atoms with Crippen molar-refractivity contribution >= 4 is 32.6 Å². The summed E-state index contributed by atoms with van der Waals surface area (Å²) in [4.78, 5) is 15.0. The van der Waals surface area contributed by atoms with Gasteiger partial charge >= 0.3 is 0 Å². The van der Waals surface area contributed by atoms with Gasteiger partial charge in [-0.25, -0.2) is 0 Å². The number of methoxy groups -OCH3 is 2. The molecule has 0 saturated carbocycles. The molecule has 6 aliphatic rings. The average Bonchev–Trinajstić information content (AvgIpc) is 3.32. The van der Waals surface area contributed by atoms with E-state index in [-0.39, 0.29) is 11.8 Å². The maximum Gasteiger partial charge on any atom is 0.241 e. The predicted molar refractivity (Wildman–Crippen MR) is 236 cm³/mol. The summed E-state index contributed by atoms with van der Waals surface area (Å²) in [6.45, 7) is 10.2. The molecule has 0 N–H and O–H groups in total. The first-order valence-electron chi connectivity index (χ1n) is 22.4. The third kappa shape index (κ3) is 7.19. The molecule has 0 amide bonds. The molecule has 0 aliphatic carbocycles. The number of fused-ring (bicyclic) bond motifs is 9. The number of hydrogen-bond acceptors (Lipinski definition) is 10. The van der Waals surface area contributed by atoms with Gasteiger partial charge in [0.1, 0.15) is 11.5 Å². The molecule has 6 fully saturated rings. The zero-order valence-corrected chi connectivity index (χ0v) is 35.5. The standard InChI is InChI=1S/C50H58N6O4/c1-5-31-27-55-21-17-33(31)23-47(55)43(37-15-19-51-45-13-11-35(57-3)25-41(37)45)29-59-49-39-9-7-8-10-40(39)50(54-53-49)60-30-44(48-24-34-18-22-56(48)28-32(34)6-2)38-16-20-52-46-14-12-36(58-4)26-42(38)46/h7-16,19-20,25-26,31-34,43-44,47-48H,5-6,17-18,21-24,27-30H2,1-4H3/t31-,32?,33+,34?,43-,44-,47+,48+/m0/s1. The molecule has 6 aromatic rings. The van der Waals surface area contributed by atoms with E-state index in [1.165, 1.54) is 49.7 Å². The van der Waals surface area contributed by atoms with E-state index in [1.54, 1.807) is 14.2 Å². The van der Waals surface area contributed by atoms with Crippen LogP contribution in [0, 0.1) is 23.7 Å². The van der Waals surface area contributed by atoms with Crippen LogP contribution in [0.2, 0.25) is 0 Å². The molecular weight excluding hydrogens is 749 g/mol. The number of rotatable bonds is 14. The van der Waals surface area contributed by atoms with Crippen LogP contribution in [0.5, 0.6) is 23.3 Å². The minimum Gasteiger partial charge on any atom is -0.497 e. The fraction of sp³-hybridized carbons (Fsp3) is 0.480. The van der Waals surface area contributed by atoms with Gasteiger partial charge in [-0.15, -0.1) is 10.2 Å². The number of nitrogens with zero attached hydrogens (tertiary/aromatic N) is 6. The van der Waals surface area contributed by atoms with Crippen LogP contribution in [0.15, 0.2) is 85.2 Å².